The summed E-state index contributed by atoms with van der Waals surface area (Å²) in [6, 6.07) is 13.2. The first kappa shape index (κ1) is 10.2. The molecule has 3 rings (SSSR count). The zero-order valence-corrected chi connectivity index (χ0v) is 9.59. The van der Waals surface area contributed by atoms with Crippen LogP contribution in [0.25, 0.3) is 10.8 Å². The van der Waals surface area contributed by atoms with Gasteiger partial charge in [0.2, 0.25) is 0 Å². The molecular weight excluding hydrogens is 180 g/mol. The van der Waals surface area contributed by atoms with Crippen molar-refractivity contribution in [2.75, 3.05) is 0 Å². The monoisotopic (exact) mass is 198 g/mol. The topological polar surface area (TPSA) is 0 Å². The number of hydrogen-bond acceptors (Lipinski definition) is 0. The first-order valence-electron chi connectivity index (χ1n) is 5.86. The SMILES string of the molecule is CCC.c1cc2c3c(cccc3c1)CC2. The molecule has 78 valence electrons. The maximum atomic E-state index is 2.25. The lowest BCUT2D eigenvalue weighted by Gasteiger charge is -1.99. The molecule has 0 aromatic heterocycles. The molecule has 0 aliphatic heterocycles. The summed E-state index contributed by atoms with van der Waals surface area (Å²) in [7, 11) is 0. The third kappa shape index (κ3) is 1.90. The predicted molar refractivity (Wildman–Crippen MR) is 67.3 cm³/mol. The van der Waals surface area contributed by atoms with Gasteiger partial charge in [0.25, 0.3) is 0 Å². The highest BCUT2D eigenvalue weighted by Crippen LogP contribution is 2.29. The molecule has 1 aliphatic carbocycles. The number of rotatable bonds is 0. The van der Waals surface area contributed by atoms with Crippen molar-refractivity contribution in [2.45, 2.75) is 33.1 Å². The Morgan fingerprint density at radius 2 is 1.33 bits per heavy atom. The lowest BCUT2D eigenvalue weighted by molar-refractivity contribution is 1.02. The molecule has 0 spiro atoms. The Morgan fingerprint density at radius 3 is 1.80 bits per heavy atom. The van der Waals surface area contributed by atoms with Gasteiger partial charge in [0.1, 0.15) is 0 Å². The van der Waals surface area contributed by atoms with E-state index in [1.54, 1.807) is 0 Å². The van der Waals surface area contributed by atoms with E-state index in [-0.39, 0.29) is 0 Å². The van der Waals surface area contributed by atoms with Crippen molar-refractivity contribution in [3.05, 3.63) is 47.5 Å². The molecule has 0 unspecified atom stereocenters. The minimum atomic E-state index is 1.23. The summed E-state index contributed by atoms with van der Waals surface area (Å²) in [5.74, 6) is 0. The van der Waals surface area contributed by atoms with Gasteiger partial charge < -0.3 is 0 Å². The number of aryl methyl sites for hydroxylation is 2. The fourth-order valence-electron chi connectivity index (χ4n) is 2.19. The quantitative estimate of drug-likeness (QED) is 0.590. The van der Waals surface area contributed by atoms with E-state index in [0.29, 0.717) is 0 Å². The lowest BCUT2D eigenvalue weighted by atomic mass is 10.1. The summed E-state index contributed by atoms with van der Waals surface area (Å²) in [6.45, 7) is 4.25. The normalized spacial score (nSPS) is 12.4. The molecule has 0 atom stereocenters. The van der Waals surface area contributed by atoms with Gasteiger partial charge >= 0.3 is 0 Å². The van der Waals surface area contributed by atoms with Gasteiger partial charge in [0, 0.05) is 0 Å². The Kier molecular flexibility index (Phi) is 3.05. The Bertz CT molecular complexity index is 416. The number of benzene rings is 2. The highest BCUT2D eigenvalue weighted by Gasteiger charge is 2.11. The Labute approximate surface area is 91.9 Å². The highest BCUT2D eigenvalue weighted by atomic mass is 14.2. The summed E-state index contributed by atoms with van der Waals surface area (Å²) in [5.41, 5.74) is 3.06. The van der Waals surface area contributed by atoms with E-state index >= 15 is 0 Å². The van der Waals surface area contributed by atoms with Crippen molar-refractivity contribution >= 4 is 10.8 Å². The predicted octanol–water partition coefficient (Wildman–Crippen LogP) is 4.35. The van der Waals surface area contributed by atoms with Crippen molar-refractivity contribution in [1.29, 1.82) is 0 Å². The van der Waals surface area contributed by atoms with Gasteiger partial charge in [0.05, 0.1) is 0 Å². The molecule has 0 fully saturated rings. The summed E-state index contributed by atoms with van der Waals surface area (Å²) in [5, 5.41) is 2.92. The minimum Gasteiger partial charge on any atom is -0.0656 e. The van der Waals surface area contributed by atoms with Crippen LogP contribution in [0.4, 0.5) is 0 Å². The molecule has 15 heavy (non-hydrogen) atoms. The molecular formula is C15H18. The summed E-state index contributed by atoms with van der Waals surface area (Å²) >= 11 is 0. The Balaban J connectivity index is 0.000000258. The van der Waals surface area contributed by atoms with Crippen LogP contribution in [0.2, 0.25) is 0 Å². The van der Waals surface area contributed by atoms with Crippen LogP contribution in [0.5, 0.6) is 0 Å². The van der Waals surface area contributed by atoms with Crippen LogP contribution in [0.3, 0.4) is 0 Å². The molecule has 0 saturated heterocycles. The summed E-state index contributed by atoms with van der Waals surface area (Å²) in [4.78, 5) is 0. The lowest BCUT2D eigenvalue weighted by Crippen LogP contribution is -1.76. The van der Waals surface area contributed by atoms with Crippen LogP contribution in [-0.2, 0) is 12.8 Å². The van der Waals surface area contributed by atoms with Gasteiger partial charge in [-0.25, -0.2) is 0 Å². The van der Waals surface area contributed by atoms with Crippen LogP contribution in [0, 0.1) is 0 Å². The van der Waals surface area contributed by atoms with Crippen LogP contribution in [0.15, 0.2) is 36.4 Å². The van der Waals surface area contributed by atoms with E-state index < -0.39 is 0 Å². The maximum absolute atomic E-state index is 2.25. The Hall–Kier alpha value is -1.30. The molecule has 0 bridgehead atoms. The summed E-state index contributed by atoms with van der Waals surface area (Å²) < 4.78 is 0. The minimum absolute atomic E-state index is 1.23. The van der Waals surface area contributed by atoms with Gasteiger partial charge in [0.15, 0.2) is 0 Å². The highest BCUT2D eigenvalue weighted by molar-refractivity contribution is 5.90. The van der Waals surface area contributed by atoms with Crippen LogP contribution < -0.4 is 0 Å². The van der Waals surface area contributed by atoms with Crippen molar-refractivity contribution in [1.82, 2.24) is 0 Å². The molecule has 0 amide bonds. The van der Waals surface area contributed by atoms with Gasteiger partial charge in [-0.2, -0.15) is 0 Å². The second-order valence-corrected chi connectivity index (χ2v) is 4.14. The first-order valence-corrected chi connectivity index (χ1v) is 5.86. The van der Waals surface area contributed by atoms with E-state index in [0.717, 1.165) is 0 Å². The molecule has 0 heteroatoms. The third-order valence-corrected chi connectivity index (χ3v) is 2.74. The van der Waals surface area contributed by atoms with Crippen molar-refractivity contribution in [3.63, 3.8) is 0 Å². The van der Waals surface area contributed by atoms with Crippen LogP contribution >= 0.6 is 0 Å². The molecule has 0 nitrogen and oxygen atoms in total. The smallest absolute Gasteiger partial charge is 0.0120 e. The number of hydrogen-bond donors (Lipinski definition) is 0. The second-order valence-electron chi connectivity index (χ2n) is 4.14. The molecule has 0 heterocycles. The van der Waals surface area contributed by atoms with Crippen molar-refractivity contribution in [2.24, 2.45) is 0 Å². The van der Waals surface area contributed by atoms with Crippen LogP contribution in [0.1, 0.15) is 31.4 Å². The zero-order chi connectivity index (χ0) is 10.7. The van der Waals surface area contributed by atoms with E-state index in [1.807, 2.05) is 0 Å². The molecule has 2 aromatic rings. The summed E-state index contributed by atoms with van der Waals surface area (Å²) in [6.07, 6.45) is 3.72. The standard InChI is InChI=1S/C12H10.C3H8/c1-3-9-4-2-6-11-8-7-10(5-1)12(9)11;1-3-2/h1-6H,7-8H2;3H2,1-2H3. The van der Waals surface area contributed by atoms with Crippen LogP contribution in [-0.4, -0.2) is 0 Å². The van der Waals surface area contributed by atoms with Gasteiger partial charge in [-0.3, -0.25) is 0 Å². The van der Waals surface area contributed by atoms with E-state index in [9.17, 15) is 0 Å². The Morgan fingerprint density at radius 1 is 0.867 bits per heavy atom. The van der Waals surface area contributed by atoms with E-state index in [1.165, 1.54) is 41.2 Å². The van der Waals surface area contributed by atoms with E-state index in [4.69, 9.17) is 0 Å². The fourth-order valence-corrected chi connectivity index (χ4v) is 2.19. The van der Waals surface area contributed by atoms with Crippen molar-refractivity contribution < 1.29 is 0 Å². The maximum Gasteiger partial charge on any atom is -0.0120 e. The van der Waals surface area contributed by atoms with Crippen molar-refractivity contribution in [3.8, 4) is 0 Å². The van der Waals surface area contributed by atoms with E-state index in [2.05, 4.69) is 50.2 Å². The molecule has 0 radical (unpaired) electrons. The molecule has 0 saturated carbocycles. The molecule has 1 aliphatic rings. The average molecular weight is 198 g/mol. The van der Waals surface area contributed by atoms with Gasteiger partial charge in [-0.05, 0) is 34.7 Å². The fraction of sp³-hybridized carbons (Fsp3) is 0.333. The largest absolute Gasteiger partial charge is 0.0656 e. The molecule has 0 N–H and O–H groups in total. The van der Waals surface area contributed by atoms with Gasteiger partial charge in [-0.15, -0.1) is 0 Å². The second kappa shape index (κ2) is 4.48. The first-order chi connectivity index (χ1) is 7.36. The molecule has 2 aromatic carbocycles. The van der Waals surface area contributed by atoms with Gasteiger partial charge in [-0.1, -0.05) is 56.7 Å². The third-order valence-electron chi connectivity index (χ3n) is 2.74. The zero-order valence-electron chi connectivity index (χ0n) is 9.59. The average Bonchev–Trinajstić information content (AvgIpc) is 2.66.